The number of ether oxygens (including phenoxy) is 1. The van der Waals surface area contributed by atoms with E-state index in [0.29, 0.717) is 5.02 Å². The van der Waals surface area contributed by atoms with Crippen LogP contribution < -0.4 is 15.4 Å². The number of amides is 2. The Morgan fingerprint density at radius 1 is 1.04 bits per heavy atom. The number of rotatable bonds is 5. The molecule has 2 N–H and O–H groups in total. The molecule has 0 aromatic heterocycles. The van der Waals surface area contributed by atoms with E-state index in [2.05, 4.69) is 10.6 Å². The number of benzene rings is 2. The second kappa shape index (κ2) is 8.36. The predicted octanol–water partition coefficient (Wildman–Crippen LogP) is 2.84. The molecular formula is C18H19ClN2O3. The van der Waals surface area contributed by atoms with E-state index in [4.69, 9.17) is 16.3 Å². The van der Waals surface area contributed by atoms with E-state index in [9.17, 15) is 9.59 Å². The topological polar surface area (TPSA) is 67.4 Å². The fraction of sp³-hybridized carbons (Fsp3) is 0.222. The van der Waals surface area contributed by atoms with Crippen LogP contribution in [0.2, 0.25) is 5.02 Å². The smallest absolute Gasteiger partial charge is 0.309 e. The molecule has 24 heavy (non-hydrogen) atoms. The van der Waals surface area contributed by atoms with Gasteiger partial charge in [0.05, 0.1) is 13.2 Å². The molecule has 0 fully saturated rings. The maximum atomic E-state index is 12.0. The first kappa shape index (κ1) is 17.8. The Kier molecular flexibility index (Phi) is 6.21. The highest BCUT2D eigenvalue weighted by Crippen LogP contribution is 2.17. The van der Waals surface area contributed by atoms with Gasteiger partial charge in [0.25, 0.3) is 0 Å². The van der Waals surface area contributed by atoms with Gasteiger partial charge in [0, 0.05) is 11.6 Å². The SMILES string of the molecule is COc1ccc(C(C)NC(=O)C(=O)NCc2ccc(Cl)cc2)cc1. The van der Waals surface area contributed by atoms with Gasteiger partial charge in [0.2, 0.25) is 0 Å². The van der Waals surface area contributed by atoms with Crippen molar-refractivity contribution in [1.82, 2.24) is 10.6 Å². The quantitative estimate of drug-likeness (QED) is 0.818. The highest BCUT2D eigenvalue weighted by atomic mass is 35.5. The van der Waals surface area contributed by atoms with Crippen LogP contribution in [0.5, 0.6) is 5.75 Å². The third-order valence-electron chi connectivity index (χ3n) is 3.54. The molecule has 2 aromatic carbocycles. The molecule has 6 heteroatoms. The third kappa shape index (κ3) is 4.99. The summed E-state index contributed by atoms with van der Waals surface area (Å²) in [4.78, 5) is 23.8. The molecule has 0 radical (unpaired) electrons. The van der Waals surface area contributed by atoms with E-state index in [-0.39, 0.29) is 12.6 Å². The van der Waals surface area contributed by atoms with Crippen LogP contribution in [0.1, 0.15) is 24.1 Å². The number of nitrogens with one attached hydrogen (secondary N) is 2. The standard InChI is InChI=1S/C18H19ClN2O3/c1-12(14-5-9-16(24-2)10-6-14)21-18(23)17(22)20-11-13-3-7-15(19)8-4-13/h3-10,12H,11H2,1-2H3,(H,20,22)(H,21,23). The van der Waals surface area contributed by atoms with Crippen LogP contribution in [-0.2, 0) is 16.1 Å². The second-order valence-corrected chi connectivity index (χ2v) is 5.71. The lowest BCUT2D eigenvalue weighted by Gasteiger charge is -2.14. The number of hydrogen-bond acceptors (Lipinski definition) is 3. The number of hydrogen-bond donors (Lipinski definition) is 2. The van der Waals surface area contributed by atoms with Crippen molar-refractivity contribution in [2.24, 2.45) is 0 Å². The molecule has 2 amide bonds. The zero-order valence-electron chi connectivity index (χ0n) is 13.5. The number of halogens is 1. The molecule has 2 rings (SSSR count). The highest BCUT2D eigenvalue weighted by molar-refractivity contribution is 6.35. The van der Waals surface area contributed by atoms with Gasteiger partial charge in [-0.1, -0.05) is 35.9 Å². The van der Waals surface area contributed by atoms with E-state index in [1.54, 1.807) is 43.5 Å². The van der Waals surface area contributed by atoms with Crippen LogP contribution in [0.15, 0.2) is 48.5 Å². The summed E-state index contributed by atoms with van der Waals surface area (Å²) in [5.41, 5.74) is 1.75. The molecule has 1 unspecified atom stereocenters. The summed E-state index contributed by atoms with van der Waals surface area (Å²) in [5.74, 6) is -0.615. The maximum Gasteiger partial charge on any atom is 0.309 e. The van der Waals surface area contributed by atoms with Crippen molar-refractivity contribution in [2.75, 3.05) is 7.11 Å². The summed E-state index contributed by atoms with van der Waals surface area (Å²) in [7, 11) is 1.59. The molecule has 0 saturated heterocycles. The summed E-state index contributed by atoms with van der Waals surface area (Å²) in [6.07, 6.45) is 0. The van der Waals surface area contributed by atoms with Crippen molar-refractivity contribution in [2.45, 2.75) is 19.5 Å². The average Bonchev–Trinajstić information content (AvgIpc) is 2.60. The van der Waals surface area contributed by atoms with Gasteiger partial charge in [0.1, 0.15) is 5.75 Å². The summed E-state index contributed by atoms with van der Waals surface area (Å²) in [6.45, 7) is 2.08. The van der Waals surface area contributed by atoms with Crippen LogP contribution in [-0.4, -0.2) is 18.9 Å². The van der Waals surface area contributed by atoms with Gasteiger partial charge in [-0.3, -0.25) is 9.59 Å². The van der Waals surface area contributed by atoms with Crippen LogP contribution in [0.4, 0.5) is 0 Å². The van der Waals surface area contributed by atoms with E-state index in [1.807, 2.05) is 19.1 Å². The molecule has 0 aliphatic carbocycles. The van der Waals surface area contributed by atoms with Gasteiger partial charge in [-0.2, -0.15) is 0 Å². The fourth-order valence-corrected chi connectivity index (χ4v) is 2.23. The first-order valence-electron chi connectivity index (χ1n) is 7.46. The van der Waals surface area contributed by atoms with Gasteiger partial charge in [-0.15, -0.1) is 0 Å². The van der Waals surface area contributed by atoms with Crippen LogP contribution in [0, 0.1) is 0 Å². The van der Waals surface area contributed by atoms with E-state index in [1.165, 1.54) is 0 Å². The fourth-order valence-electron chi connectivity index (χ4n) is 2.10. The summed E-state index contributed by atoms with van der Waals surface area (Å²) in [5, 5.41) is 5.87. The monoisotopic (exact) mass is 346 g/mol. The van der Waals surface area contributed by atoms with E-state index < -0.39 is 11.8 Å². The first-order valence-corrected chi connectivity index (χ1v) is 7.84. The van der Waals surface area contributed by atoms with Gasteiger partial charge < -0.3 is 15.4 Å². The summed E-state index contributed by atoms with van der Waals surface area (Å²) >= 11 is 5.80. The Hall–Kier alpha value is -2.53. The Morgan fingerprint density at radius 3 is 2.25 bits per heavy atom. The largest absolute Gasteiger partial charge is 0.497 e. The average molecular weight is 347 g/mol. The molecule has 5 nitrogen and oxygen atoms in total. The molecule has 0 spiro atoms. The highest BCUT2D eigenvalue weighted by Gasteiger charge is 2.16. The minimum absolute atomic E-state index is 0.264. The summed E-state index contributed by atoms with van der Waals surface area (Å²) < 4.78 is 5.09. The van der Waals surface area contributed by atoms with Crippen molar-refractivity contribution in [3.05, 3.63) is 64.7 Å². The Bertz CT molecular complexity index is 699. The lowest BCUT2D eigenvalue weighted by Crippen LogP contribution is -2.40. The minimum Gasteiger partial charge on any atom is -0.497 e. The molecule has 0 heterocycles. The summed E-state index contributed by atoms with van der Waals surface area (Å²) in [6, 6.07) is 14.1. The third-order valence-corrected chi connectivity index (χ3v) is 3.79. The minimum atomic E-state index is -0.676. The first-order chi connectivity index (χ1) is 11.5. The van der Waals surface area contributed by atoms with Crippen LogP contribution in [0.25, 0.3) is 0 Å². The van der Waals surface area contributed by atoms with Gasteiger partial charge in [-0.05, 0) is 42.3 Å². The molecule has 1 atom stereocenters. The predicted molar refractivity (Wildman–Crippen MR) is 92.9 cm³/mol. The second-order valence-electron chi connectivity index (χ2n) is 5.28. The van der Waals surface area contributed by atoms with Crippen molar-refractivity contribution < 1.29 is 14.3 Å². The molecule has 0 saturated carbocycles. The lowest BCUT2D eigenvalue weighted by molar-refractivity contribution is -0.139. The molecule has 126 valence electrons. The van der Waals surface area contributed by atoms with Crippen molar-refractivity contribution in [3.63, 3.8) is 0 Å². The van der Waals surface area contributed by atoms with Crippen LogP contribution >= 0.6 is 11.6 Å². The number of carbonyl (C=O) groups excluding carboxylic acids is 2. The molecular weight excluding hydrogens is 328 g/mol. The Balaban J connectivity index is 1.85. The molecule has 0 aliphatic heterocycles. The Labute approximate surface area is 146 Å². The van der Waals surface area contributed by atoms with Crippen molar-refractivity contribution >= 4 is 23.4 Å². The number of methoxy groups -OCH3 is 1. The van der Waals surface area contributed by atoms with E-state index >= 15 is 0 Å². The lowest BCUT2D eigenvalue weighted by atomic mass is 10.1. The molecule has 0 bridgehead atoms. The van der Waals surface area contributed by atoms with Gasteiger partial charge in [-0.25, -0.2) is 0 Å². The Morgan fingerprint density at radius 2 is 1.67 bits per heavy atom. The number of carbonyl (C=O) groups is 2. The zero-order chi connectivity index (χ0) is 17.5. The van der Waals surface area contributed by atoms with Gasteiger partial charge >= 0.3 is 11.8 Å². The molecule has 2 aromatic rings. The van der Waals surface area contributed by atoms with Gasteiger partial charge in [0.15, 0.2) is 0 Å². The molecule has 0 aliphatic rings. The normalized spacial score (nSPS) is 11.5. The van der Waals surface area contributed by atoms with Crippen molar-refractivity contribution in [3.8, 4) is 5.75 Å². The maximum absolute atomic E-state index is 12.0. The van der Waals surface area contributed by atoms with Crippen molar-refractivity contribution in [1.29, 1.82) is 0 Å². The zero-order valence-corrected chi connectivity index (χ0v) is 14.3. The van der Waals surface area contributed by atoms with Crippen LogP contribution in [0.3, 0.4) is 0 Å². The van der Waals surface area contributed by atoms with E-state index in [0.717, 1.165) is 16.9 Å².